The number of rotatable bonds is 1. The van der Waals surface area contributed by atoms with Gasteiger partial charge in [-0.3, -0.25) is 4.79 Å². The Bertz CT molecular complexity index is 624. The van der Waals surface area contributed by atoms with Crippen molar-refractivity contribution in [3.8, 4) is 0 Å². The van der Waals surface area contributed by atoms with Crippen LogP contribution in [-0.4, -0.2) is 13.0 Å². The summed E-state index contributed by atoms with van der Waals surface area (Å²) in [5, 5.41) is 3.69. The quantitative estimate of drug-likeness (QED) is 0.864. The normalized spacial score (nSPS) is 17.9. The molecule has 1 N–H and O–H groups in total. The molecule has 1 atom stereocenters. The van der Waals surface area contributed by atoms with Gasteiger partial charge in [-0.05, 0) is 29.8 Å². The van der Waals surface area contributed by atoms with Crippen molar-refractivity contribution in [1.82, 2.24) is 5.32 Å². The van der Waals surface area contributed by atoms with Gasteiger partial charge >= 0.3 is 0 Å². The second-order valence-corrected chi connectivity index (χ2v) is 4.99. The highest BCUT2D eigenvalue weighted by atomic mass is 35.5. The summed E-state index contributed by atoms with van der Waals surface area (Å²) in [7, 11) is 1.97. The molecule has 1 amide bonds. The lowest BCUT2D eigenvalue weighted by Gasteiger charge is -2.36. The Morgan fingerprint density at radius 1 is 1.11 bits per heavy atom. The van der Waals surface area contributed by atoms with Crippen LogP contribution in [0.3, 0.4) is 0 Å². The Labute approximate surface area is 116 Å². The van der Waals surface area contributed by atoms with Gasteiger partial charge in [-0.2, -0.15) is 0 Å². The number of nitrogens with one attached hydrogen (secondary N) is 1. The molecule has 96 valence electrons. The van der Waals surface area contributed by atoms with Gasteiger partial charge in [-0.15, -0.1) is 0 Å². The van der Waals surface area contributed by atoms with Crippen molar-refractivity contribution < 1.29 is 4.79 Å². The highest BCUT2D eigenvalue weighted by Gasteiger charge is 2.28. The number of fused-ring (bicyclic) bond motifs is 1. The fraction of sp³-hybridized carbons (Fsp3) is 0.133. The minimum atomic E-state index is -0.167. The summed E-state index contributed by atoms with van der Waals surface area (Å²) in [6, 6.07) is 15.1. The number of anilines is 1. The van der Waals surface area contributed by atoms with Crippen molar-refractivity contribution in [2.24, 2.45) is 0 Å². The summed E-state index contributed by atoms with van der Waals surface area (Å²) in [6.45, 7) is 0. The van der Waals surface area contributed by atoms with Crippen LogP contribution >= 0.6 is 11.6 Å². The number of hydrogen-bond donors (Lipinski definition) is 1. The topological polar surface area (TPSA) is 32.3 Å². The number of hydrogen-bond acceptors (Lipinski definition) is 2. The Hall–Kier alpha value is -2.00. The molecule has 0 saturated carbocycles. The first-order chi connectivity index (χ1) is 9.16. The van der Waals surface area contributed by atoms with Crippen molar-refractivity contribution in [2.45, 2.75) is 6.17 Å². The van der Waals surface area contributed by atoms with E-state index in [1.165, 1.54) is 0 Å². The van der Waals surface area contributed by atoms with Gasteiger partial charge in [0.1, 0.15) is 6.17 Å². The highest BCUT2D eigenvalue weighted by Crippen LogP contribution is 2.31. The molecule has 1 heterocycles. The average Bonchev–Trinajstić information content (AvgIpc) is 2.44. The predicted molar refractivity (Wildman–Crippen MR) is 76.5 cm³/mol. The Balaban J connectivity index is 2.02. The molecular weight excluding hydrogens is 260 g/mol. The second kappa shape index (κ2) is 4.59. The van der Waals surface area contributed by atoms with Crippen LogP contribution in [-0.2, 0) is 0 Å². The van der Waals surface area contributed by atoms with Crippen LogP contribution in [0.15, 0.2) is 48.5 Å². The second-order valence-electron chi connectivity index (χ2n) is 4.56. The molecule has 3 rings (SSSR count). The van der Waals surface area contributed by atoms with Crippen molar-refractivity contribution in [2.75, 3.05) is 11.9 Å². The van der Waals surface area contributed by atoms with E-state index in [2.05, 4.69) is 10.2 Å². The van der Waals surface area contributed by atoms with Crippen molar-refractivity contribution in [1.29, 1.82) is 0 Å². The number of carbonyl (C=O) groups excluding carboxylic acids is 1. The van der Waals surface area contributed by atoms with Gasteiger partial charge < -0.3 is 10.2 Å². The molecule has 2 aromatic carbocycles. The van der Waals surface area contributed by atoms with Crippen LogP contribution in [0.4, 0.5) is 5.69 Å². The maximum Gasteiger partial charge on any atom is 0.255 e. The van der Waals surface area contributed by atoms with Crippen LogP contribution in [0.5, 0.6) is 0 Å². The molecule has 0 unspecified atom stereocenters. The van der Waals surface area contributed by atoms with Gasteiger partial charge in [-0.25, -0.2) is 0 Å². The lowest BCUT2D eigenvalue weighted by atomic mass is 10.0. The minimum Gasteiger partial charge on any atom is -0.350 e. The Kier molecular flexibility index (Phi) is 2.91. The van der Waals surface area contributed by atoms with Crippen LogP contribution in [0.25, 0.3) is 0 Å². The third-order valence-corrected chi connectivity index (χ3v) is 3.62. The molecule has 1 aliphatic rings. The van der Waals surface area contributed by atoms with Crippen LogP contribution in [0, 0.1) is 0 Å². The summed E-state index contributed by atoms with van der Waals surface area (Å²) in [5.74, 6) is -0.0475. The number of carbonyl (C=O) groups is 1. The van der Waals surface area contributed by atoms with E-state index in [4.69, 9.17) is 11.6 Å². The first-order valence-corrected chi connectivity index (χ1v) is 6.43. The lowest BCUT2D eigenvalue weighted by molar-refractivity contribution is 0.0928. The van der Waals surface area contributed by atoms with Crippen molar-refractivity contribution in [3.05, 3.63) is 64.7 Å². The van der Waals surface area contributed by atoms with E-state index in [9.17, 15) is 4.79 Å². The summed E-state index contributed by atoms with van der Waals surface area (Å²) in [5.41, 5.74) is 2.65. The molecule has 0 spiro atoms. The minimum absolute atomic E-state index is 0.0475. The number of nitrogens with zero attached hydrogens (tertiary/aromatic N) is 1. The van der Waals surface area contributed by atoms with Gasteiger partial charge in [-0.1, -0.05) is 35.9 Å². The van der Waals surface area contributed by atoms with Gasteiger partial charge in [0.25, 0.3) is 5.91 Å². The smallest absolute Gasteiger partial charge is 0.255 e. The summed E-state index contributed by atoms with van der Waals surface area (Å²) < 4.78 is 0. The lowest BCUT2D eigenvalue weighted by Crippen LogP contribution is -2.44. The van der Waals surface area contributed by atoms with Crippen LogP contribution in [0.2, 0.25) is 5.02 Å². The zero-order valence-corrected chi connectivity index (χ0v) is 11.2. The van der Waals surface area contributed by atoms with E-state index >= 15 is 0 Å². The third kappa shape index (κ3) is 2.06. The van der Waals surface area contributed by atoms with Gasteiger partial charge in [0.15, 0.2) is 0 Å². The molecule has 0 aliphatic carbocycles. The van der Waals surface area contributed by atoms with Gasteiger partial charge in [0.05, 0.1) is 11.3 Å². The molecule has 4 heteroatoms. The van der Waals surface area contributed by atoms with Crippen LogP contribution < -0.4 is 10.2 Å². The first-order valence-electron chi connectivity index (χ1n) is 6.05. The summed E-state index contributed by atoms with van der Waals surface area (Å²) in [4.78, 5) is 14.2. The highest BCUT2D eigenvalue weighted by molar-refractivity contribution is 6.30. The molecule has 0 bridgehead atoms. The predicted octanol–water partition coefficient (Wildman–Crippen LogP) is 3.22. The third-order valence-electron chi connectivity index (χ3n) is 3.37. The van der Waals surface area contributed by atoms with E-state index in [1.54, 1.807) is 0 Å². The van der Waals surface area contributed by atoms with E-state index < -0.39 is 0 Å². The Morgan fingerprint density at radius 2 is 1.79 bits per heavy atom. The molecular formula is C15H13ClN2O. The van der Waals surface area contributed by atoms with Crippen LogP contribution in [0.1, 0.15) is 22.1 Å². The van der Waals surface area contributed by atoms with Crippen molar-refractivity contribution in [3.63, 3.8) is 0 Å². The Morgan fingerprint density at radius 3 is 2.53 bits per heavy atom. The molecule has 0 aromatic heterocycles. The standard InChI is InChI=1S/C15H13ClN2O/c1-18-13-5-3-2-4-12(13)15(19)17-14(18)10-6-8-11(16)9-7-10/h2-9,14H,1H3,(H,17,19)/t14-/m0/s1. The van der Waals surface area contributed by atoms with E-state index in [-0.39, 0.29) is 12.1 Å². The summed E-state index contributed by atoms with van der Waals surface area (Å²) in [6.07, 6.45) is -0.167. The molecule has 0 radical (unpaired) electrons. The SMILES string of the molecule is CN1c2ccccc2C(=O)N[C@@H]1c1ccc(Cl)cc1. The van der Waals surface area contributed by atoms with Crippen molar-refractivity contribution >= 4 is 23.2 Å². The molecule has 19 heavy (non-hydrogen) atoms. The van der Waals surface area contributed by atoms with E-state index in [0.717, 1.165) is 11.3 Å². The molecule has 0 fully saturated rings. The van der Waals surface area contributed by atoms with Gasteiger partial charge in [0.2, 0.25) is 0 Å². The monoisotopic (exact) mass is 272 g/mol. The maximum absolute atomic E-state index is 12.1. The fourth-order valence-electron chi connectivity index (χ4n) is 2.36. The zero-order chi connectivity index (χ0) is 13.4. The van der Waals surface area contributed by atoms with E-state index in [1.807, 2.05) is 55.6 Å². The molecule has 3 nitrogen and oxygen atoms in total. The van der Waals surface area contributed by atoms with Gasteiger partial charge in [0, 0.05) is 12.1 Å². The largest absolute Gasteiger partial charge is 0.350 e. The number of para-hydroxylation sites is 1. The molecule has 0 saturated heterocycles. The number of halogens is 1. The fourth-order valence-corrected chi connectivity index (χ4v) is 2.49. The summed E-state index contributed by atoms with van der Waals surface area (Å²) >= 11 is 5.90. The number of amides is 1. The maximum atomic E-state index is 12.1. The number of benzene rings is 2. The van der Waals surface area contributed by atoms with E-state index in [0.29, 0.717) is 10.6 Å². The molecule has 1 aliphatic heterocycles. The first kappa shape index (κ1) is 12.1. The molecule has 2 aromatic rings. The average molecular weight is 273 g/mol. The zero-order valence-electron chi connectivity index (χ0n) is 10.4.